The van der Waals surface area contributed by atoms with Crippen LogP contribution in [0, 0.1) is 0 Å². The Balaban J connectivity index is 2.21. The lowest BCUT2D eigenvalue weighted by molar-refractivity contribution is -0.142. The Morgan fingerprint density at radius 3 is 2.53 bits per heavy atom. The van der Waals surface area contributed by atoms with Crippen molar-refractivity contribution >= 4 is 11.9 Å². The maximum atomic E-state index is 11.8. The van der Waals surface area contributed by atoms with Crippen molar-refractivity contribution in [1.29, 1.82) is 0 Å². The van der Waals surface area contributed by atoms with Crippen molar-refractivity contribution in [2.45, 2.75) is 51.5 Å². The highest BCUT2D eigenvalue weighted by molar-refractivity contribution is 5.76. The first kappa shape index (κ1) is 16.0. The van der Waals surface area contributed by atoms with Crippen LogP contribution in [0.4, 0.5) is 0 Å². The number of carbonyl (C=O) groups excluding carboxylic acids is 2. The number of esters is 1. The van der Waals surface area contributed by atoms with Gasteiger partial charge >= 0.3 is 5.97 Å². The lowest BCUT2D eigenvalue weighted by atomic mass is 9.95. The van der Waals surface area contributed by atoms with Crippen LogP contribution in [0.15, 0.2) is 0 Å². The van der Waals surface area contributed by atoms with Gasteiger partial charge in [-0.2, -0.15) is 0 Å². The van der Waals surface area contributed by atoms with Crippen molar-refractivity contribution in [3.63, 3.8) is 0 Å². The molecule has 0 aromatic heterocycles. The number of hydrogen-bond donors (Lipinski definition) is 1. The first-order chi connectivity index (χ1) is 9.15. The van der Waals surface area contributed by atoms with E-state index in [1.807, 2.05) is 11.8 Å². The SMILES string of the molecule is CCN(CCC(=O)NC1CCCCC1)CC(=O)OC. The smallest absolute Gasteiger partial charge is 0.319 e. The fourth-order valence-corrected chi connectivity index (χ4v) is 2.40. The number of carbonyl (C=O) groups is 2. The Morgan fingerprint density at radius 2 is 1.95 bits per heavy atom. The molecule has 5 heteroatoms. The monoisotopic (exact) mass is 270 g/mol. The number of likely N-dealkylation sites (N-methyl/N-ethyl adjacent to an activating group) is 1. The minimum Gasteiger partial charge on any atom is -0.468 e. The van der Waals surface area contributed by atoms with E-state index >= 15 is 0 Å². The van der Waals surface area contributed by atoms with E-state index in [1.165, 1.54) is 26.4 Å². The number of nitrogens with one attached hydrogen (secondary N) is 1. The summed E-state index contributed by atoms with van der Waals surface area (Å²) in [5.41, 5.74) is 0. The molecule has 0 aliphatic heterocycles. The first-order valence-corrected chi connectivity index (χ1v) is 7.24. The molecule has 1 fully saturated rings. The maximum Gasteiger partial charge on any atom is 0.319 e. The van der Waals surface area contributed by atoms with E-state index in [0.717, 1.165) is 19.4 Å². The highest BCUT2D eigenvalue weighted by Gasteiger charge is 2.16. The molecule has 0 aromatic rings. The summed E-state index contributed by atoms with van der Waals surface area (Å²) >= 11 is 0. The van der Waals surface area contributed by atoms with E-state index < -0.39 is 0 Å². The molecule has 1 aliphatic rings. The number of rotatable bonds is 7. The summed E-state index contributed by atoms with van der Waals surface area (Å²) in [4.78, 5) is 24.9. The van der Waals surface area contributed by atoms with Gasteiger partial charge in [0.1, 0.15) is 0 Å². The minimum atomic E-state index is -0.255. The Morgan fingerprint density at radius 1 is 1.26 bits per heavy atom. The molecule has 0 aromatic carbocycles. The molecule has 1 saturated carbocycles. The second-order valence-corrected chi connectivity index (χ2v) is 5.10. The molecule has 1 aliphatic carbocycles. The number of nitrogens with zero attached hydrogens (tertiary/aromatic N) is 1. The molecule has 0 spiro atoms. The second-order valence-electron chi connectivity index (χ2n) is 5.10. The van der Waals surface area contributed by atoms with Gasteiger partial charge in [0.15, 0.2) is 0 Å². The van der Waals surface area contributed by atoms with Gasteiger partial charge < -0.3 is 10.1 Å². The van der Waals surface area contributed by atoms with Gasteiger partial charge in [0, 0.05) is 19.0 Å². The van der Waals surface area contributed by atoms with Crippen LogP contribution in [0.2, 0.25) is 0 Å². The van der Waals surface area contributed by atoms with Gasteiger partial charge in [-0.3, -0.25) is 14.5 Å². The molecule has 5 nitrogen and oxygen atoms in total. The molecule has 0 saturated heterocycles. The molecular formula is C14H26N2O3. The molecule has 110 valence electrons. The summed E-state index contributed by atoms with van der Waals surface area (Å²) in [6, 6.07) is 0.358. The Kier molecular flexibility index (Phi) is 7.48. The van der Waals surface area contributed by atoms with E-state index in [9.17, 15) is 9.59 Å². The zero-order valence-electron chi connectivity index (χ0n) is 12.1. The highest BCUT2D eigenvalue weighted by Crippen LogP contribution is 2.17. The number of amides is 1. The van der Waals surface area contributed by atoms with Gasteiger partial charge in [-0.25, -0.2) is 0 Å². The van der Waals surface area contributed by atoms with E-state index in [0.29, 0.717) is 19.0 Å². The van der Waals surface area contributed by atoms with E-state index in [1.54, 1.807) is 0 Å². The van der Waals surface area contributed by atoms with Gasteiger partial charge in [0.05, 0.1) is 13.7 Å². The van der Waals surface area contributed by atoms with E-state index in [-0.39, 0.29) is 18.4 Å². The van der Waals surface area contributed by atoms with E-state index in [2.05, 4.69) is 10.1 Å². The highest BCUT2D eigenvalue weighted by atomic mass is 16.5. The van der Waals surface area contributed by atoms with E-state index in [4.69, 9.17) is 0 Å². The third-order valence-corrected chi connectivity index (χ3v) is 3.65. The molecular weight excluding hydrogens is 244 g/mol. The van der Waals surface area contributed by atoms with Gasteiger partial charge in [-0.05, 0) is 19.4 Å². The van der Waals surface area contributed by atoms with Crippen molar-refractivity contribution in [2.24, 2.45) is 0 Å². The quantitative estimate of drug-likeness (QED) is 0.709. The molecule has 0 bridgehead atoms. The Hall–Kier alpha value is -1.10. The summed E-state index contributed by atoms with van der Waals surface area (Å²) in [5, 5.41) is 3.08. The maximum absolute atomic E-state index is 11.8. The summed E-state index contributed by atoms with van der Waals surface area (Å²) < 4.78 is 4.63. The van der Waals surface area contributed by atoms with Crippen LogP contribution in [0.25, 0.3) is 0 Å². The molecule has 0 atom stereocenters. The lowest BCUT2D eigenvalue weighted by Crippen LogP contribution is -2.39. The summed E-state index contributed by atoms with van der Waals surface area (Å²) in [6.45, 7) is 3.57. The van der Waals surface area contributed by atoms with Crippen LogP contribution < -0.4 is 5.32 Å². The second kappa shape index (κ2) is 8.91. The molecule has 0 heterocycles. The van der Waals surface area contributed by atoms with Crippen LogP contribution >= 0.6 is 0 Å². The molecule has 0 radical (unpaired) electrons. The average molecular weight is 270 g/mol. The molecule has 1 N–H and O–H groups in total. The molecule has 1 amide bonds. The van der Waals surface area contributed by atoms with Gasteiger partial charge in [-0.15, -0.1) is 0 Å². The van der Waals surface area contributed by atoms with Gasteiger partial charge in [0.2, 0.25) is 5.91 Å². The lowest BCUT2D eigenvalue weighted by Gasteiger charge is -2.24. The predicted molar refractivity (Wildman–Crippen MR) is 73.8 cm³/mol. The zero-order chi connectivity index (χ0) is 14.1. The van der Waals surface area contributed by atoms with Crippen LogP contribution in [0.1, 0.15) is 45.4 Å². The van der Waals surface area contributed by atoms with Gasteiger partial charge in [-0.1, -0.05) is 26.2 Å². The van der Waals surface area contributed by atoms with Crippen LogP contribution in [0.3, 0.4) is 0 Å². The Bertz CT molecular complexity index is 288. The third-order valence-electron chi connectivity index (χ3n) is 3.65. The third kappa shape index (κ3) is 6.57. The number of hydrogen-bond acceptors (Lipinski definition) is 4. The van der Waals surface area contributed by atoms with Crippen LogP contribution in [-0.2, 0) is 14.3 Å². The van der Waals surface area contributed by atoms with Crippen molar-refractivity contribution in [1.82, 2.24) is 10.2 Å². The fraction of sp³-hybridized carbons (Fsp3) is 0.857. The normalized spacial score (nSPS) is 16.4. The standard InChI is InChI=1S/C14H26N2O3/c1-3-16(11-14(18)19-2)10-9-13(17)15-12-7-5-4-6-8-12/h12H,3-11H2,1-2H3,(H,15,17). The number of ether oxygens (including phenoxy) is 1. The fourth-order valence-electron chi connectivity index (χ4n) is 2.40. The van der Waals surface area contributed by atoms with Crippen molar-refractivity contribution in [2.75, 3.05) is 26.7 Å². The average Bonchev–Trinajstić information content (AvgIpc) is 2.44. The van der Waals surface area contributed by atoms with Gasteiger partial charge in [0.25, 0.3) is 0 Å². The van der Waals surface area contributed by atoms with Crippen molar-refractivity contribution < 1.29 is 14.3 Å². The van der Waals surface area contributed by atoms with Crippen molar-refractivity contribution in [3.8, 4) is 0 Å². The largest absolute Gasteiger partial charge is 0.468 e. The summed E-state index contributed by atoms with van der Waals surface area (Å²) in [5.74, 6) is -0.162. The van der Waals surface area contributed by atoms with Crippen LogP contribution in [-0.4, -0.2) is 49.6 Å². The molecule has 1 rings (SSSR count). The molecule has 19 heavy (non-hydrogen) atoms. The summed E-state index contributed by atoms with van der Waals surface area (Å²) in [6.07, 6.45) is 6.37. The Labute approximate surface area is 115 Å². The van der Waals surface area contributed by atoms with Crippen molar-refractivity contribution in [3.05, 3.63) is 0 Å². The topological polar surface area (TPSA) is 58.6 Å². The minimum absolute atomic E-state index is 0.0928. The van der Waals surface area contributed by atoms with Crippen LogP contribution in [0.5, 0.6) is 0 Å². The number of methoxy groups -OCH3 is 1. The molecule has 0 unspecified atom stereocenters. The summed E-state index contributed by atoms with van der Waals surface area (Å²) in [7, 11) is 1.38. The first-order valence-electron chi connectivity index (χ1n) is 7.24. The zero-order valence-corrected chi connectivity index (χ0v) is 12.1. The predicted octanol–water partition coefficient (Wildman–Crippen LogP) is 1.32.